The number of hydrogen-bond donors (Lipinski definition) is 3. The molecule has 19 heavy (non-hydrogen) atoms. The predicted octanol–water partition coefficient (Wildman–Crippen LogP) is 1.27. The van der Waals surface area contributed by atoms with Gasteiger partial charge in [-0.2, -0.15) is 0 Å². The van der Waals surface area contributed by atoms with Crippen molar-refractivity contribution in [1.29, 1.82) is 0 Å². The van der Waals surface area contributed by atoms with Gasteiger partial charge in [-0.05, 0) is 43.5 Å². The van der Waals surface area contributed by atoms with Crippen molar-refractivity contribution < 1.29 is 14.6 Å². The highest BCUT2D eigenvalue weighted by Crippen LogP contribution is 2.24. The van der Waals surface area contributed by atoms with Gasteiger partial charge < -0.3 is 20.9 Å². The van der Waals surface area contributed by atoms with Crippen molar-refractivity contribution in [1.82, 2.24) is 0 Å². The van der Waals surface area contributed by atoms with Crippen molar-refractivity contribution in [2.75, 3.05) is 11.9 Å². The Kier molecular flexibility index (Phi) is 4.76. The first-order valence-corrected chi connectivity index (χ1v) is 6.64. The van der Waals surface area contributed by atoms with Crippen molar-refractivity contribution in [3.8, 4) is 5.75 Å². The van der Waals surface area contributed by atoms with Gasteiger partial charge in [0.2, 0.25) is 5.91 Å². The molecular formula is C14H20N2O3. The third-order valence-corrected chi connectivity index (χ3v) is 3.28. The van der Waals surface area contributed by atoms with Gasteiger partial charge in [-0.25, -0.2) is 0 Å². The Bertz CT molecular complexity index is 419. The SMILES string of the molecule is NCC(=O)Nc1ccc(OC2CCCCC2O)cc1. The maximum absolute atomic E-state index is 11.1. The van der Waals surface area contributed by atoms with Crippen LogP contribution in [0, 0.1) is 0 Å². The lowest BCUT2D eigenvalue weighted by molar-refractivity contribution is -0.114. The Morgan fingerprint density at radius 1 is 1.32 bits per heavy atom. The van der Waals surface area contributed by atoms with Gasteiger partial charge in [0.05, 0.1) is 12.6 Å². The maximum Gasteiger partial charge on any atom is 0.238 e. The molecule has 0 saturated heterocycles. The minimum absolute atomic E-state index is 0.0352. The molecule has 0 radical (unpaired) electrons. The molecule has 5 heteroatoms. The number of amides is 1. The van der Waals surface area contributed by atoms with E-state index in [0.29, 0.717) is 11.4 Å². The number of carbonyl (C=O) groups excluding carboxylic acids is 1. The van der Waals surface area contributed by atoms with Gasteiger partial charge in [-0.3, -0.25) is 4.79 Å². The molecular weight excluding hydrogens is 244 g/mol. The zero-order chi connectivity index (χ0) is 13.7. The first kappa shape index (κ1) is 13.8. The van der Waals surface area contributed by atoms with Crippen molar-refractivity contribution in [3.63, 3.8) is 0 Å². The normalized spacial score (nSPS) is 22.8. The van der Waals surface area contributed by atoms with Gasteiger partial charge >= 0.3 is 0 Å². The van der Waals surface area contributed by atoms with Crippen LogP contribution in [0.25, 0.3) is 0 Å². The average molecular weight is 264 g/mol. The van der Waals surface area contributed by atoms with Crippen LogP contribution >= 0.6 is 0 Å². The fourth-order valence-electron chi connectivity index (χ4n) is 2.22. The Balaban J connectivity index is 1.92. The number of hydrogen-bond acceptors (Lipinski definition) is 4. The standard InChI is InChI=1S/C14H20N2O3/c15-9-14(18)16-10-5-7-11(8-6-10)19-13-4-2-1-3-12(13)17/h5-8,12-13,17H,1-4,9,15H2,(H,16,18). The Morgan fingerprint density at radius 3 is 2.63 bits per heavy atom. The van der Waals surface area contributed by atoms with E-state index in [9.17, 15) is 9.90 Å². The highest BCUT2D eigenvalue weighted by atomic mass is 16.5. The third kappa shape index (κ3) is 3.94. The molecule has 1 aromatic carbocycles. The van der Waals surface area contributed by atoms with Gasteiger partial charge in [0.15, 0.2) is 0 Å². The van der Waals surface area contributed by atoms with Crippen molar-refractivity contribution in [2.45, 2.75) is 37.9 Å². The molecule has 1 fully saturated rings. The zero-order valence-electron chi connectivity index (χ0n) is 10.8. The van der Waals surface area contributed by atoms with E-state index < -0.39 is 0 Å². The fraction of sp³-hybridized carbons (Fsp3) is 0.500. The second-order valence-corrected chi connectivity index (χ2v) is 4.78. The summed E-state index contributed by atoms with van der Waals surface area (Å²) in [6.45, 7) is -0.0352. The largest absolute Gasteiger partial charge is 0.488 e. The summed E-state index contributed by atoms with van der Waals surface area (Å²) in [5, 5.41) is 12.5. The number of nitrogens with one attached hydrogen (secondary N) is 1. The van der Waals surface area contributed by atoms with Crippen LogP contribution < -0.4 is 15.8 Å². The van der Waals surface area contributed by atoms with E-state index in [1.165, 1.54) is 0 Å². The van der Waals surface area contributed by atoms with Crippen molar-refractivity contribution in [3.05, 3.63) is 24.3 Å². The van der Waals surface area contributed by atoms with Crippen LogP contribution in [0.1, 0.15) is 25.7 Å². The Morgan fingerprint density at radius 2 is 2.00 bits per heavy atom. The molecule has 0 heterocycles. The summed E-state index contributed by atoms with van der Waals surface area (Å²) in [7, 11) is 0. The monoisotopic (exact) mass is 264 g/mol. The molecule has 104 valence electrons. The summed E-state index contributed by atoms with van der Waals surface area (Å²) in [6.07, 6.45) is 3.32. The van der Waals surface area contributed by atoms with Gasteiger partial charge in [-0.15, -0.1) is 0 Å². The number of aliphatic hydroxyl groups is 1. The minimum atomic E-state index is -0.384. The second kappa shape index (κ2) is 6.54. The number of carbonyl (C=O) groups is 1. The number of anilines is 1. The first-order valence-electron chi connectivity index (χ1n) is 6.64. The molecule has 0 aromatic heterocycles. The number of ether oxygens (including phenoxy) is 1. The lowest BCUT2D eigenvalue weighted by atomic mass is 9.95. The fourth-order valence-corrected chi connectivity index (χ4v) is 2.22. The molecule has 0 bridgehead atoms. The summed E-state index contributed by atoms with van der Waals surface area (Å²) in [5.74, 6) is 0.480. The van der Waals surface area contributed by atoms with Gasteiger partial charge in [-0.1, -0.05) is 6.42 Å². The van der Waals surface area contributed by atoms with E-state index in [1.54, 1.807) is 24.3 Å². The molecule has 1 saturated carbocycles. The van der Waals surface area contributed by atoms with Crippen LogP contribution in [0.2, 0.25) is 0 Å². The molecule has 2 atom stereocenters. The summed E-state index contributed by atoms with van der Waals surface area (Å²) in [4.78, 5) is 11.1. The van der Waals surface area contributed by atoms with Crippen LogP contribution in [0.4, 0.5) is 5.69 Å². The van der Waals surface area contributed by atoms with Crippen LogP contribution in [0.3, 0.4) is 0 Å². The van der Waals surface area contributed by atoms with Gasteiger partial charge in [0, 0.05) is 5.69 Å². The molecule has 5 nitrogen and oxygen atoms in total. The molecule has 1 aliphatic rings. The van der Waals surface area contributed by atoms with E-state index in [-0.39, 0.29) is 24.7 Å². The molecule has 1 aromatic rings. The lowest BCUT2D eigenvalue weighted by Crippen LogP contribution is -2.34. The summed E-state index contributed by atoms with van der Waals surface area (Å²) in [6, 6.07) is 7.09. The quantitative estimate of drug-likeness (QED) is 0.764. The second-order valence-electron chi connectivity index (χ2n) is 4.78. The molecule has 2 unspecified atom stereocenters. The zero-order valence-corrected chi connectivity index (χ0v) is 10.8. The topological polar surface area (TPSA) is 84.6 Å². The number of aliphatic hydroxyl groups excluding tert-OH is 1. The lowest BCUT2D eigenvalue weighted by Gasteiger charge is -2.28. The van der Waals surface area contributed by atoms with Crippen LogP contribution in [0.5, 0.6) is 5.75 Å². The van der Waals surface area contributed by atoms with Gasteiger partial charge in [0.1, 0.15) is 11.9 Å². The van der Waals surface area contributed by atoms with E-state index >= 15 is 0 Å². The summed E-state index contributed by atoms with van der Waals surface area (Å²) >= 11 is 0. The Labute approximate surface area is 112 Å². The van der Waals surface area contributed by atoms with E-state index in [1.807, 2.05) is 0 Å². The summed E-state index contributed by atoms with van der Waals surface area (Å²) < 4.78 is 5.77. The smallest absolute Gasteiger partial charge is 0.238 e. The van der Waals surface area contributed by atoms with Crippen molar-refractivity contribution >= 4 is 11.6 Å². The van der Waals surface area contributed by atoms with E-state index in [0.717, 1.165) is 25.7 Å². The molecule has 1 aliphatic carbocycles. The van der Waals surface area contributed by atoms with Crippen molar-refractivity contribution in [2.24, 2.45) is 5.73 Å². The molecule has 0 spiro atoms. The highest BCUT2D eigenvalue weighted by molar-refractivity contribution is 5.92. The Hall–Kier alpha value is -1.59. The summed E-state index contributed by atoms with van der Waals surface area (Å²) in [5.41, 5.74) is 5.91. The van der Waals surface area contributed by atoms with E-state index in [4.69, 9.17) is 10.5 Å². The highest BCUT2D eigenvalue weighted by Gasteiger charge is 2.24. The predicted molar refractivity (Wildman–Crippen MR) is 73.0 cm³/mol. The average Bonchev–Trinajstić information content (AvgIpc) is 2.43. The molecule has 0 aliphatic heterocycles. The van der Waals surface area contributed by atoms with E-state index in [2.05, 4.69) is 5.32 Å². The number of nitrogens with two attached hydrogens (primary N) is 1. The number of rotatable bonds is 4. The molecule has 4 N–H and O–H groups in total. The first-order chi connectivity index (χ1) is 9.19. The minimum Gasteiger partial charge on any atom is -0.488 e. The van der Waals surface area contributed by atoms with Gasteiger partial charge in [0.25, 0.3) is 0 Å². The molecule has 1 amide bonds. The maximum atomic E-state index is 11.1. The van der Waals surface area contributed by atoms with Crippen LogP contribution in [-0.4, -0.2) is 29.8 Å². The molecule has 2 rings (SSSR count). The number of benzene rings is 1. The third-order valence-electron chi connectivity index (χ3n) is 3.28. The van der Waals surface area contributed by atoms with Crippen LogP contribution in [-0.2, 0) is 4.79 Å². The van der Waals surface area contributed by atoms with Crippen LogP contribution in [0.15, 0.2) is 24.3 Å².